The second-order valence-corrected chi connectivity index (χ2v) is 5.44. The highest BCUT2D eigenvalue weighted by molar-refractivity contribution is 5.68. The molecule has 3 N–H and O–H groups in total. The molecule has 0 bridgehead atoms. The Kier molecular flexibility index (Phi) is 4.35. The monoisotopic (exact) mass is 247 g/mol. The molecular weight excluding hydrogens is 226 g/mol. The van der Waals surface area contributed by atoms with Crippen LogP contribution in [-0.4, -0.2) is 53.4 Å². The third-order valence-electron chi connectivity index (χ3n) is 2.33. The summed E-state index contributed by atoms with van der Waals surface area (Å²) in [5.74, 6) is 0. The molecule has 100 valence electrons. The first-order valence-electron chi connectivity index (χ1n) is 5.65. The van der Waals surface area contributed by atoms with Crippen molar-refractivity contribution in [2.75, 3.05) is 19.8 Å². The van der Waals surface area contributed by atoms with Crippen molar-refractivity contribution in [1.82, 2.24) is 5.32 Å². The molecule has 0 radical (unpaired) electrons. The highest BCUT2D eigenvalue weighted by Gasteiger charge is 2.35. The number of nitrogens with one attached hydrogen (secondary N) is 1. The molecule has 1 aliphatic heterocycles. The Bertz CT molecular complexity index is 276. The molecule has 6 heteroatoms. The lowest BCUT2D eigenvalue weighted by Gasteiger charge is -2.35. The molecule has 1 saturated heterocycles. The topological polar surface area (TPSA) is 88.0 Å². The zero-order chi connectivity index (χ0) is 13.1. The summed E-state index contributed by atoms with van der Waals surface area (Å²) in [4.78, 5) is 11.5. The minimum absolute atomic E-state index is 0.0794. The van der Waals surface area contributed by atoms with Crippen molar-refractivity contribution in [3.05, 3.63) is 0 Å². The highest BCUT2D eigenvalue weighted by atomic mass is 16.6. The van der Waals surface area contributed by atoms with Crippen molar-refractivity contribution < 1.29 is 24.5 Å². The third kappa shape index (κ3) is 4.89. The van der Waals surface area contributed by atoms with Crippen molar-refractivity contribution in [2.45, 2.75) is 44.4 Å². The molecule has 0 aromatic heterocycles. The fourth-order valence-corrected chi connectivity index (χ4v) is 1.64. The molecule has 0 aromatic rings. The van der Waals surface area contributed by atoms with E-state index in [0.717, 1.165) is 0 Å². The van der Waals surface area contributed by atoms with E-state index in [1.165, 1.54) is 0 Å². The summed E-state index contributed by atoms with van der Waals surface area (Å²) in [7, 11) is 0. The Hall–Kier alpha value is -0.850. The number of aliphatic hydroxyl groups is 2. The van der Waals surface area contributed by atoms with Crippen molar-refractivity contribution in [3.8, 4) is 0 Å². The largest absolute Gasteiger partial charge is 0.444 e. The van der Waals surface area contributed by atoms with Gasteiger partial charge in [0.2, 0.25) is 0 Å². The number of carbonyl (C=O) groups excluding carboxylic acids is 1. The molecule has 1 fully saturated rings. The SMILES string of the molecule is CC(C)(C)OC(=O)N[C@@H]1COCC(O)(CO)C1. The van der Waals surface area contributed by atoms with Gasteiger partial charge in [0, 0.05) is 6.42 Å². The number of amides is 1. The first kappa shape index (κ1) is 14.2. The summed E-state index contributed by atoms with van der Waals surface area (Å²) in [5.41, 5.74) is -1.84. The Morgan fingerprint density at radius 2 is 2.24 bits per heavy atom. The first-order chi connectivity index (χ1) is 7.74. The van der Waals surface area contributed by atoms with E-state index in [0.29, 0.717) is 6.61 Å². The smallest absolute Gasteiger partial charge is 0.407 e. The van der Waals surface area contributed by atoms with Gasteiger partial charge in [-0.1, -0.05) is 0 Å². The molecule has 1 unspecified atom stereocenters. The van der Waals surface area contributed by atoms with E-state index in [4.69, 9.17) is 14.6 Å². The van der Waals surface area contributed by atoms with Gasteiger partial charge >= 0.3 is 6.09 Å². The van der Waals surface area contributed by atoms with Crippen LogP contribution < -0.4 is 5.32 Å². The van der Waals surface area contributed by atoms with E-state index in [9.17, 15) is 9.90 Å². The number of hydrogen-bond acceptors (Lipinski definition) is 5. The predicted octanol–water partition coefficient (Wildman–Crippen LogP) is 0.0234. The summed E-state index contributed by atoms with van der Waals surface area (Å²) < 4.78 is 10.2. The van der Waals surface area contributed by atoms with Gasteiger partial charge in [-0.15, -0.1) is 0 Å². The molecule has 1 rings (SSSR count). The van der Waals surface area contributed by atoms with Crippen LogP contribution in [0.15, 0.2) is 0 Å². The van der Waals surface area contributed by atoms with Gasteiger partial charge in [-0.05, 0) is 20.8 Å². The second-order valence-electron chi connectivity index (χ2n) is 5.44. The zero-order valence-corrected chi connectivity index (χ0v) is 10.5. The lowest BCUT2D eigenvalue weighted by atomic mass is 9.94. The number of hydrogen-bond donors (Lipinski definition) is 3. The van der Waals surface area contributed by atoms with E-state index in [1.807, 2.05) is 0 Å². The van der Waals surface area contributed by atoms with Crippen molar-refractivity contribution in [3.63, 3.8) is 0 Å². The zero-order valence-electron chi connectivity index (χ0n) is 10.5. The average Bonchev–Trinajstić information content (AvgIpc) is 2.14. The summed E-state index contributed by atoms with van der Waals surface area (Å²) in [6.45, 7) is 5.31. The average molecular weight is 247 g/mol. The Balaban J connectivity index is 2.44. The number of carbonyl (C=O) groups is 1. The minimum atomic E-state index is -1.28. The molecule has 0 aliphatic carbocycles. The van der Waals surface area contributed by atoms with Gasteiger partial charge in [0.25, 0.3) is 0 Å². The van der Waals surface area contributed by atoms with Crippen molar-refractivity contribution in [1.29, 1.82) is 0 Å². The van der Waals surface area contributed by atoms with E-state index in [-0.39, 0.29) is 25.7 Å². The van der Waals surface area contributed by atoms with Gasteiger partial charge in [0.15, 0.2) is 0 Å². The van der Waals surface area contributed by atoms with Crippen molar-refractivity contribution in [2.24, 2.45) is 0 Å². The van der Waals surface area contributed by atoms with Gasteiger partial charge < -0.3 is 25.0 Å². The van der Waals surface area contributed by atoms with Gasteiger partial charge in [0.05, 0.1) is 25.9 Å². The van der Waals surface area contributed by atoms with Gasteiger partial charge in [-0.3, -0.25) is 0 Å². The predicted molar refractivity (Wildman–Crippen MR) is 60.6 cm³/mol. The van der Waals surface area contributed by atoms with Gasteiger partial charge in [-0.2, -0.15) is 0 Å². The molecule has 1 heterocycles. The maximum absolute atomic E-state index is 11.5. The molecule has 0 aromatic carbocycles. The summed E-state index contributed by atoms with van der Waals surface area (Å²) >= 11 is 0. The first-order valence-corrected chi connectivity index (χ1v) is 5.65. The standard InChI is InChI=1S/C11H21NO5/c1-10(2,3)17-9(14)12-8-4-11(15,6-13)7-16-5-8/h8,13,15H,4-7H2,1-3H3,(H,12,14)/t8-,11?/m0/s1. The molecule has 0 saturated carbocycles. The van der Waals surface area contributed by atoms with Crippen LogP contribution in [0, 0.1) is 0 Å². The normalized spacial score (nSPS) is 29.8. The van der Waals surface area contributed by atoms with Gasteiger partial charge in [0.1, 0.15) is 11.2 Å². The van der Waals surface area contributed by atoms with E-state index in [1.54, 1.807) is 20.8 Å². The number of rotatable bonds is 2. The quantitative estimate of drug-likeness (QED) is 0.640. The Morgan fingerprint density at radius 3 is 2.76 bits per heavy atom. The summed E-state index contributed by atoms with van der Waals surface area (Å²) in [5, 5.41) is 21.5. The van der Waals surface area contributed by atoms with Crippen LogP contribution in [0.25, 0.3) is 0 Å². The van der Waals surface area contributed by atoms with Crippen LogP contribution in [0.4, 0.5) is 4.79 Å². The van der Waals surface area contributed by atoms with Crippen LogP contribution in [0.2, 0.25) is 0 Å². The molecule has 1 aliphatic rings. The van der Waals surface area contributed by atoms with Crippen LogP contribution in [0.3, 0.4) is 0 Å². The van der Waals surface area contributed by atoms with E-state index >= 15 is 0 Å². The van der Waals surface area contributed by atoms with Crippen LogP contribution in [0.5, 0.6) is 0 Å². The maximum Gasteiger partial charge on any atom is 0.407 e. The highest BCUT2D eigenvalue weighted by Crippen LogP contribution is 2.19. The van der Waals surface area contributed by atoms with E-state index < -0.39 is 17.3 Å². The maximum atomic E-state index is 11.5. The van der Waals surface area contributed by atoms with Crippen molar-refractivity contribution >= 4 is 6.09 Å². The molecule has 2 atom stereocenters. The number of alkyl carbamates (subject to hydrolysis) is 1. The van der Waals surface area contributed by atoms with Gasteiger partial charge in [-0.25, -0.2) is 4.79 Å². The Morgan fingerprint density at radius 1 is 1.59 bits per heavy atom. The van der Waals surface area contributed by atoms with Crippen LogP contribution in [-0.2, 0) is 9.47 Å². The minimum Gasteiger partial charge on any atom is -0.444 e. The molecular formula is C11H21NO5. The summed E-state index contributed by atoms with van der Waals surface area (Å²) in [6.07, 6.45) is -0.295. The molecule has 0 spiro atoms. The number of ether oxygens (including phenoxy) is 2. The summed E-state index contributed by atoms with van der Waals surface area (Å²) in [6, 6.07) is -0.351. The molecule has 6 nitrogen and oxygen atoms in total. The lowest BCUT2D eigenvalue weighted by molar-refractivity contribution is -0.121. The van der Waals surface area contributed by atoms with Crippen LogP contribution >= 0.6 is 0 Å². The third-order valence-corrected chi connectivity index (χ3v) is 2.33. The number of aliphatic hydroxyl groups excluding tert-OH is 1. The van der Waals surface area contributed by atoms with E-state index in [2.05, 4.69) is 5.32 Å². The fraction of sp³-hybridized carbons (Fsp3) is 0.909. The second kappa shape index (κ2) is 5.20. The van der Waals surface area contributed by atoms with Crippen LogP contribution in [0.1, 0.15) is 27.2 Å². The molecule has 17 heavy (non-hydrogen) atoms. The molecule has 1 amide bonds. The fourth-order valence-electron chi connectivity index (χ4n) is 1.64. The Labute approximate surface area is 101 Å². The lowest BCUT2D eigenvalue weighted by Crippen LogP contribution is -2.53.